The van der Waals surface area contributed by atoms with Crippen LogP contribution in [0.5, 0.6) is 0 Å². The molecule has 1 N–H and O–H groups in total. The summed E-state index contributed by atoms with van der Waals surface area (Å²) in [6.45, 7) is 5.57. The number of hydrogen-bond acceptors (Lipinski definition) is 3. The second-order valence-electron chi connectivity index (χ2n) is 7.85. The molecule has 1 saturated carbocycles. The SMILES string of the molecule is CN(C)[C@H]1C[C@@H](c2cccc(F)c2)CC[C@@H]1NC(=O)OC(C)(C)C. The van der Waals surface area contributed by atoms with E-state index in [4.69, 9.17) is 4.74 Å². The van der Waals surface area contributed by atoms with Gasteiger partial charge in [0.25, 0.3) is 0 Å². The molecule has 0 bridgehead atoms. The molecule has 0 heterocycles. The Morgan fingerprint density at radius 1 is 1.29 bits per heavy atom. The Morgan fingerprint density at radius 2 is 2.00 bits per heavy atom. The Labute approximate surface area is 144 Å². The molecular formula is C19H29FN2O2. The lowest BCUT2D eigenvalue weighted by Gasteiger charge is -2.40. The molecule has 4 nitrogen and oxygen atoms in total. The van der Waals surface area contributed by atoms with E-state index in [0.717, 1.165) is 24.8 Å². The Kier molecular flexibility index (Phi) is 5.86. The molecule has 1 fully saturated rings. The number of amides is 1. The Morgan fingerprint density at radius 3 is 2.58 bits per heavy atom. The number of alkyl carbamates (subject to hydrolysis) is 1. The van der Waals surface area contributed by atoms with E-state index in [1.54, 1.807) is 12.1 Å². The summed E-state index contributed by atoms with van der Waals surface area (Å²) < 4.78 is 18.9. The molecule has 5 heteroatoms. The van der Waals surface area contributed by atoms with Crippen LogP contribution < -0.4 is 5.32 Å². The van der Waals surface area contributed by atoms with Crippen molar-refractivity contribution in [2.24, 2.45) is 0 Å². The molecule has 1 aliphatic rings. The Hall–Kier alpha value is -1.62. The molecule has 0 aliphatic heterocycles. The first-order chi connectivity index (χ1) is 11.2. The number of hydrogen-bond donors (Lipinski definition) is 1. The highest BCUT2D eigenvalue weighted by molar-refractivity contribution is 5.68. The lowest BCUT2D eigenvalue weighted by atomic mass is 9.78. The van der Waals surface area contributed by atoms with Gasteiger partial charge in [0, 0.05) is 12.1 Å². The van der Waals surface area contributed by atoms with Crippen LogP contribution in [0.25, 0.3) is 0 Å². The van der Waals surface area contributed by atoms with Gasteiger partial charge in [-0.3, -0.25) is 0 Å². The first kappa shape index (κ1) is 18.7. The minimum Gasteiger partial charge on any atom is -0.444 e. The van der Waals surface area contributed by atoms with Gasteiger partial charge in [0.05, 0.1) is 0 Å². The number of ether oxygens (including phenoxy) is 1. The topological polar surface area (TPSA) is 41.6 Å². The van der Waals surface area contributed by atoms with Crippen molar-refractivity contribution in [3.05, 3.63) is 35.6 Å². The fraction of sp³-hybridized carbons (Fsp3) is 0.632. The highest BCUT2D eigenvalue weighted by atomic mass is 19.1. The molecular weight excluding hydrogens is 307 g/mol. The first-order valence-corrected chi connectivity index (χ1v) is 8.57. The number of likely N-dealkylation sites (N-methyl/N-ethyl adjacent to an activating group) is 1. The third-order valence-electron chi connectivity index (χ3n) is 4.50. The Balaban J connectivity index is 2.04. The van der Waals surface area contributed by atoms with Crippen LogP contribution in [0.2, 0.25) is 0 Å². The molecule has 2 rings (SSSR count). The van der Waals surface area contributed by atoms with Crippen LogP contribution in [0.1, 0.15) is 51.5 Å². The van der Waals surface area contributed by atoms with Crippen LogP contribution in [0.15, 0.2) is 24.3 Å². The van der Waals surface area contributed by atoms with Gasteiger partial charge in [0.2, 0.25) is 0 Å². The van der Waals surface area contributed by atoms with Gasteiger partial charge in [0.15, 0.2) is 0 Å². The molecule has 0 saturated heterocycles. The standard InChI is InChI=1S/C19H29FN2O2/c1-19(2,3)24-18(23)21-16-10-9-14(12-17(16)22(4)5)13-7-6-8-15(20)11-13/h6-8,11,14,16-17H,9-10,12H2,1-5H3,(H,21,23)/t14-,16-,17-/m0/s1. The van der Waals surface area contributed by atoms with Gasteiger partial charge in [-0.25, -0.2) is 9.18 Å². The molecule has 1 amide bonds. The average molecular weight is 336 g/mol. The van der Waals surface area contributed by atoms with E-state index < -0.39 is 5.60 Å². The molecule has 1 aliphatic carbocycles. The molecule has 134 valence electrons. The molecule has 0 unspecified atom stereocenters. The van der Waals surface area contributed by atoms with Crippen molar-refractivity contribution in [2.45, 2.75) is 63.6 Å². The van der Waals surface area contributed by atoms with Crippen LogP contribution in [0.3, 0.4) is 0 Å². The summed E-state index contributed by atoms with van der Waals surface area (Å²) in [4.78, 5) is 14.2. The van der Waals surface area contributed by atoms with Crippen molar-refractivity contribution in [1.82, 2.24) is 10.2 Å². The quantitative estimate of drug-likeness (QED) is 0.910. The molecule has 3 atom stereocenters. The largest absolute Gasteiger partial charge is 0.444 e. The van der Waals surface area contributed by atoms with E-state index in [0.29, 0.717) is 5.92 Å². The van der Waals surface area contributed by atoms with Crippen molar-refractivity contribution in [3.8, 4) is 0 Å². The minimum atomic E-state index is -0.504. The lowest BCUT2D eigenvalue weighted by Crippen LogP contribution is -2.53. The van der Waals surface area contributed by atoms with Crippen LogP contribution in [0.4, 0.5) is 9.18 Å². The molecule has 0 aromatic heterocycles. The maximum atomic E-state index is 13.5. The Bertz CT molecular complexity index is 569. The third kappa shape index (κ3) is 5.20. The fourth-order valence-corrected chi connectivity index (χ4v) is 3.41. The summed E-state index contributed by atoms with van der Waals surface area (Å²) in [5, 5.41) is 3.01. The van der Waals surface area contributed by atoms with Gasteiger partial charge >= 0.3 is 6.09 Å². The number of nitrogens with one attached hydrogen (secondary N) is 1. The van der Waals surface area contributed by atoms with E-state index >= 15 is 0 Å². The highest BCUT2D eigenvalue weighted by Crippen LogP contribution is 2.35. The van der Waals surface area contributed by atoms with Gasteiger partial charge < -0.3 is 15.0 Å². The summed E-state index contributed by atoms with van der Waals surface area (Å²) in [6, 6.07) is 7.09. The summed E-state index contributed by atoms with van der Waals surface area (Å²) in [5.41, 5.74) is 0.536. The van der Waals surface area contributed by atoms with Crippen LogP contribution >= 0.6 is 0 Å². The zero-order valence-corrected chi connectivity index (χ0v) is 15.3. The lowest BCUT2D eigenvalue weighted by molar-refractivity contribution is 0.0445. The number of carbonyl (C=O) groups excluding carboxylic acids is 1. The highest BCUT2D eigenvalue weighted by Gasteiger charge is 2.34. The number of rotatable bonds is 3. The molecule has 0 radical (unpaired) electrons. The van der Waals surface area contributed by atoms with Gasteiger partial charge in [-0.1, -0.05) is 12.1 Å². The minimum absolute atomic E-state index is 0.0414. The maximum absolute atomic E-state index is 13.5. The zero-order valence-electron chi connectivity index (χ0n) is 15.3. The number of benzene rings is 1. The van der Waals surface area contributed by atoms with Gasteiger partial charge in [-0.05, 0) is 77.7 Å². The predicted molar refractivity (Wildman–Crippen MR) is 93.6 cm³/mol. The third-order valence-corrected chi connectivity index (χ3v) is 4.50. The van der Waals surface area contributed by atoms with E-state index in [1.807, 2.05) is 40.9 Å². The normalized spacial score (nSPS) is 24.7. The van der Waals surface area contributed by atoms with Crippen molar-refractivity contribution in [1.29, 1.82) is 0 Å². The van der Waals surface area contributed by atoms with Crippen LogP contribution in [-0.2, 0) is 4.74 Å². The predicted octanol–water partition coefficient (Wildman–Crippen LogP) is 3.92. The van der Waals surface area contributed by atoms with E-state index in [-0.39, 0.29) is 24.0 Å². The summed E-state index contributed by atoms with van der Waals surface area (Å²) in [5.74, 6) is 0.118. The van der Waals surface area contributed by atoms with Crippen LogP contribution in [-0.4, -0.2) is 42.8 Å². The summed E-state index contributed by atoms with van der Waals surface area (Å²) in [7, 11) is 4.03. The van der Waals surface area contributed by atoms with E-state index in [9.17, 15) is 9.18 Å². The molecule has 1 aromatic rings. The first-order valence-electron chi connectivity index (χ1n) is 8.57. The van der Waals surface area contributed by atoms with Gasteiger partial charge in [0.1, 0.15) is 11.4 Å². The van der Waals surface area contributed by atoms with Crippen molar-refractivity contribution >= 4 is 6.09 Å². The van der Waals surface area contributed by atoms with Crippen molar-refractivity contribution in [2.75, 3.05) is 14.1 Å². The fourth-order valence-electron chi connectivity index (χ4n) is 3.41. The number of nitrogens with zero attached hydrogens (tertiary/aromatic N) is 1. The van der Waals surface area contributed by atoms with Gasteiger partial charge in [-0.2, -0.15) is 0 Å². The monoisotopic (exact) mass is 336 g/mol. The second-order valence-corrected chi connectivity index (χ2v) is 7.85. The molecule has 24 heavy (non-hydrogen) atoms. The molecule has 0 spiro atoms. The zero-order chi connectivity index (χ0) is 17.9. The van der Waals surface area contributed by atoms with Crippen molar-refractivity contribution < 1.29 is 13.9 Å². The second kappa shape index (κ2) is 7.51. The summed E-state index contributed by atoms with van der Waals surface area (Å²) in [6.07, 6.45) is 2.29. The number of halogens is 1. The van der Waals surface area contributed by atoms with Crippen molar-refractivity contribution in [3.63, 3.8) is 0 Å². The van der Waals surface area contributed by atoms with Crippen LogP contribution in [0, 0.1) is 5.82 Å². The summed E-state index contributed by atoms with van der Waals surface area (Å²) >= 11 is 0. The van der Waals surface area contributed by atoms with E-state index in [1.165, 1.54) is 6.07 Å². The number of carbonyl (C=O) groups is 1. The van der Waals surface area contributed by atoms with Gasteiger partial charge in [-0.15, -0.1) is 0 Å². The average Bonchev–Trinajstić information content (AvgIpc) is 2.45. The maximum Gasteiger partial charge on any atom is 0.407 e. The smallest absolute Gasteiger partial charge is 0.407 e. The molecule has 1 aromatic carbocycles. The van der Waals surface area contributed by atoms with E-state index in [2.05, 4.69) is 10.2 Å².